The minimum Gasteiger partial charge on any atom is -0.488 e. The van der Waals surface area contributed by atoms with Crippen LogP contribution in [0, 0.1) is 0 Å². The van der Waals surface area contributed by atoms with Gasteiger partial charge >= 0.3 is 20.6 Å². The molecule has 2 amide bonds. The van der Waals surface area contributed by atoms with E-state index in [1.807, 2.05) is 0 Å². The van der Waals surface area contributed by atoms with Crippen LogP contribution in [0.3, 0.4) is 0 Å². The topological polar surface area (TPSA) is 126 Å². The van der Waals surface area contributed by atoms with Gasteiger partial charge in [0.25, 0.3) is 5.91 Å². The molecule has 0 aromatic heterocycles. The SMILES string of the molecule is NC(=O)c1ccc2c(C(F)(F)F)c(OCc3cc(Cl)cc(Cl)c3)ccc2c1CCCO[PH](=O)OCCCNC(=O)c1ccc2c(C(F)(F)F)c(OCc3cc(Cl)cc(Cl)c3)ccc2c1. The average Bonchev–Trinajstić information content (AvgIpc) is 3.21. The number of aryl methyl sites for hydroxylation is 1. The standard InChI is InChI=1S/C44H35Cl4F6N2O7P/c45-28-15-24(16-29(46)20-28)22-60-37-10-5-26-19-27(4-6-32(26)39(37)43(49,50)51)42(58)56-12-2-14-63-64(59)62-13-1-3-33-34-9-11-38(61-23-25-17-30(47)21-31(48)18-25)40(44(52,53)54)35(34)7-8-36(33)41(55)57/h4-11,15-21,64H,1-3,12-14,22-23H2,(H2,55,57)(H,56,58). The molecule has 0 fully saturated rings. The Kier molecular flexibility index (Phi) is 16.0. The lowest BCUT2D eigenvalue weighted by atomic mass is 9.92. The fraction of sp³-hybridized carbons (Fsp3) is 0.227. The van der Waals surface area contributed by atoms with Gasteiger partial charge in [0.2, 0.25) is 5.91 Å². The van der Waals surface area contributed by atoms with E-state index in [9.17, 15) is 40.5 Å². The van der Waals surface area contributed by atoms with E-state index in [0.29, 0.717) is 21.2 Å². The molecule has 6 aromatic rings. The number of alkyl halides is 6. The highest BCUT2D eigenvalue weighted by Gasteiger charge is 2.38. The summed E-state index contributed by atoms with van der Waals surface area (Å²) >= 11 is 24.0. The molecule has 0 aliphatic carbocycles. The zero-order valence-electron chi connectivity index (χ0n) is 33.0. The van der Waals surface area contributed by atoms with Crippen LogP contribution in [0.2, 0.25) is 20.1 Å². The minimum atomic E-state index is -4.85. The predicted octanol–water partition coefficient (Wildman–Crippen LogP) is 13.1. The van der Waals surface area contributed by atoms with E-state index in [-0.39, 0.29) is 101 Å². The average molecular weight is 991 g/mol. The Balaban J connectivity index is 1.00. The Bertz CT molecular complexity index is 2700. The van der Waals surface area contributed by atoms with Gasteiger partial charge < -0.3 is 29.6 Å². The van der Waals surface area contributed by atoms with Crippen molar-refractivity contribution in [1.82, 2.24) is 5.32 Å². The van der Waals surface area contributed by atoms with Crippen molar-refractivity contribution in [1.29, 1.82) is 0 Å². The molecule has 64 heavy (non-hydrogen) atoms. The largest absolute Gasteiger partial charge is 0.488 e. The molecule has 338 valence electrons. The van der Waals surface area contributed by atoms with Gasteiger partial charge in [0.05, 0.1) is 13.2 Å². The Labute approximate surface area is 382 Å². The lowest BCUT2D eigenvalue weighted by Crippen LogP contribution is -2.25. The normalized spacial score (nSPS) is 12.4. The lowest BCUT2D eigenvalue weighted by Gasteiger charge is -2.19. The van der Waals surface area contributed by atoms with E-state index in [2.05, 4.69) is 5.32 Å². The molecular formula is C44H35Cl4F6N2O7P. The molecule has 0 saturated heterocycles. The van der Waals surface area contributed by atoms with Gasteiger partial charge in [0.1, 0.15) is 35.8 Å². The molecular weight excluding hydrogens is 955 g/mol. The molecule has 0 spiro atoms. The number of rotatable bonds is 18. The summed E-state index contributed by atoms with van der Waals surface area (Å²) in [4.78, 5) is 25.2. The number of ether oxygens (including phenoxy) is 2. The Morgan fingerprint density at radius 1 is 0.625 bits per heavy atom. The summed E-state index contributed by atoms with van der Waals surface area (Å²) < 4.78 is 121. The zero-order chi connectivity index (χ0) is 46.3. The van der Waals surface area contributed by atoms with Crippen molar-refractivity contribution in [3.63, 3.8) is 0 Å². The Morgan fingerprint density at radius 2 is 1.12 bits per heavy atom. The third-order valence-corrected chi connectivity index (χ3v) is 11.4. The van der Waals surface area contributed by atoms with Gasteiger partial charge in [0.15, 0.2) is 0 Å². The highest BCUT2D eigenvalue weighted by atomic mass is 35.5. The van der Waals surface area contributed by atoms with Crippen LogP contribution in [0.5, 0.6) is 11.5 Å². The number of amides is 2. The fourth-order valence-electron chi connectivity index (χ4n) is 6.91. The molecule has 6 rings (SSSR count). The van der Waals surface area contributed by atoms with Gasteiger partial charge in [-0.25, -0.2) is 0 Å². The van der Waals surface area contributed by atoms with Crippen molar-refractivity contribution in [2.24, 2.45) is 5.73 Å². The molecule has 9 nitrogen and oxygen atoms in total. The van der Waals surface area contributed by atoms with Crippen molar-refractivity contribution in [2.45, 2.75) is 44.8 Å². The van der Waals surface area contributed by atoms with Crippen molar-refractivity contribution in [2.75, 3.05) is 19.8 Å². The third kappa shape index (κ3) is 12.5. The van der Waals surface area contributed by atoms with E-state index in [1.54, 1.807) is 0 Å². The molecule has 1 atom stereocenters. The minimum absolute atomic E-state index is 0.000343. The monoisotopic (exact) mass is 988 g/mol. The Hall–Kier alpha value is -4.73. The zero-order valence-corrected chi connectivity index (χ0v) is 37.1. The molecule has 0 heterocycles. The van der Waals surface area contributed by atoms with E-state index in [1.165, 1.54) is 78.9 Å². The first kappa shape index (κ1) is 48.7. The molecule has 0 saturated carbocycles. The number of nitrogens with one attached hydrogen (secondary N) is 1. The molecule has 0 radical (unpaired) electrons. The third-order valence-electron chi connectivity index (χ3n) is 9.60. The summed E-state index contributed by atoms with van der Waals surface area (Å²) in [5.41, 5.74) is 4.74. The van der Waals surface area contributed by atoms with Crippen LogP contribution in [0.15, 0.2) is 91.0 Å². The number of carbonyl (C=O) groups is 2. The number of hydrogen-bond acceptors (Lipinski definition) is 7. The van der Waals surface area contributed by atoms with E-state index in [4.69, 9.17) is 70.7 Å². The Morgan fingerprint density at radius 3 is 1.67 bits per heavy atom. The second kappa shape index (κ2) is 21.1. The number of nitrogens with two attached hydrogens (primary N) is 1. The maximum Gasteiger partial charge on any atom is 0.420 e. The van der Waals surface area contributed by atoms with Crippen molar-refractivity contribution in [3.05, 3.63) is 150 Å². The summed E-state index contributed by atoms with van der Waals surface area (Å²) in [6, 6.07) is 20.3. The number of primary amides is 1. The van der Waals surface area contributed by atoms with E-state index >= 15 is 0 Å². The van der Waals surface area contributed by atoms with Crippen LogP contribution in [0.4, 0.5) is 26.3 Å². The number of benzene rings is 6. The number of fused-ring (bicyclic) bond motifs is 2. The van der Waals surface area contributed by atoms with Gasteiger partial charge in [-0.2, -0.15) is 26.3 Å². The summed E-state index contributed by atoms with van der Waals surface area (Å²) in [5, 5.41) is 3.64. The van der Waals surface area contributed by atoms with Crippen LogP contribution in [0.1, 0.15) is 61.4 Å². The van der Waals surface area contributed by atoms with Crippen molar-refractivity contribution >= 4 is 88.0 Å². The maximum atomic E-state index is 14.5. The molecule has 0 aliphatic heterocycles. The molecule has 1 unspecified atom stereocenters. The first-order valence-electron chi connectivity index (χ1n) is 19.1. The van der Waals surface area contributed by atoms with Crippen molar-refractivity contribution < 1.29 is 59.0 Å². The summed E-state index contributed by atoms with van der Waals surface area (Å²) in [6.45, 7) is -0.690. The molecule has 6 aromatic carbocycles. The second-order valence-corrected chi connectivity index (χ2v) is 17.0. The number of halogens is 10. The van der Waals surface area contributed by atoms with Gasteiger partial charge in [-0.15, -0.1) is 0 Å². The quantitative estimate of drug-likeness (QED) is 0.0499. The molecule has 0 bridgehead atoms. The van der Waals surface area contributed by atoms with E-state index in [0.717, 1.165) is 12.1 Å². The molecule has 0 aliphatic rings. The van der Waals surface area contributed by atoms with Gasteiger partial charge in [-0.1, -0.05) is 70.7 Å². The lowest BCUT2D eigenvalue weighted by molar-refractivity contribution is -0.138. The summed E-state index contributed by atoms with van der Waals surface area (Å²) in [6.07, 6.45) is -9.31. The van der Waals surface area contributed by atoms with Gasteiger partial charge in [-0.3, -0.25) is 14.2 Å². The number of carbonyl (C=O) groups excluding carboxylic acids is 2. The molecule has 3 N–H and O–H groups in total. The fourth-order valence-corrected chi connectivity index (χ4v) is 8.76. The smallest absolute Gasteiger partial charge is 0.420 e. The van der Waals surface area contributed by atoms with E-state index < -0.39 is 55.0 Å². The summed E-state index contributed by atoms with van der Waals surface area (Å²) in [5.74, 6) is -2.30. The van der Waals surface area contributed by atoms with Crippen molar-refractivity contribution in [3.8, 4) is 11.5 Å². The molecule has 20 heteroatoms. The van der Waals surface area contributed by atoms with Gasteiger partial charge in [-0.05, 0) is 124 Å². The van der Waals surface area contributed by atoms with Crippen LogP contribution < -0.4 is 20.5 Å². The maximum absolute atomic E-state index is 14.5. The summed E-state index contributed by atoms with van der Waals surface area (Å²) in [7, 11) is -3.05. The highest BCUT2D eigenvalue weighted by Crippen LogP contribution is 2.44. The first-order valence-corrected chi connectivity index (χ1v) is 21.8. The first-order chi connectivity index (χ1) is 30.3. The second-order valence-electron chi connectivity index (χ2n) is 14.2. The van der Waals surface area contributed by atoms with Gasteiger partial charge in [0, 0.05) is 37.8 Å². The van der Waals surface area contributed by atoms with Crippen LogP contribution in [0.25, 0.3) is 21.5 Å². The van der Waals surface area contributed by atoms with Crippen LogP contribution in [-0.4, -0.2) is 31.6 Å². The van der Waals surface area contributed by atoms with Crippen LogP contribution in [-0.2, 0) is 45.6 Å². The van der Waals surface area contributed by atoms with Crippen LogP contribution >= 0.6 is 54.7 Å². The predicted molar refractivity (Wildman–Crippen MR) is 234 cm³/mol. The highest BCUT2D eigenvalue weighted by molar-refractivity contribution is 7.33. The number of hydrogen-bond donors (Lipinski definition) is 2.